The Balaban J connectivity index is 1.92. The monoisotopic (exact) mass is 263 g/mol. The van der Waals surface area contributed by atoms with Crippen molar-refractivity contribution >= 4 is 5.91 Å². The highest BCUT2D eigenvalue weighted by molar-refractivity contribution is 5.85. The molecule has 5 heteroatoms. The average molecular weight is 263 g/mol. The number of carbonyl (C=O) groups excluding carboxylic acids is 1. The summed E-state index contributed by atoms with van der Waals surface area (Å²) in [6.07, 6.45) is 4.81. The number of amides is 1. The molecule has 1 amide bonds. The van der Waals surface area contributed by atoms with Crippen LogP contribution < -0.4 is 15.4 Å². The highest BCUT2D eigenvalue weighted by Gasteiger charge is 2.33. The number of rotatable bonds is 4. The highest BCUT2D eigenvalue weighted by Crippen LogP contribution is 2.19. The second-order valence-electron chi connectivity index (χ2n) is 5.11. The lowest BCUT2D eigenvalue weighted by molar-refractivity contribution is -0.128. The van der Waals surface area contributed by atoms with Gasteiger partial charge in [0.1, 0.15) is 0 Å². The van der Waals surface area contributed by atoms with Crippen LogP contribution in [0.4, 0.5) is 0 Å². The predicted molar refractivity (Wildman–Crippen MR) is 72.9 cm³/mol. The SMILES string of the molecule is COc1cc(CNC(=O)C2(C)CCCCN2)ccn1. The molecule has 1 fully saturated rings. The normalized spacial score (nSPS) is 22.8. The minimum absolute atomic E-state index is 0.0583. The number of piperidine rings is 1. The summed E-state index contributed by atoms with van der Waals surface area (Å²) in [6, 6.07) is 3.70. The van der Waals surface area contributed by atoms with Crippen molar-refractivity contribution in [1.29, 1.82) is 0 Å². The second kappa shape index (κ2) is 6.02. The number of methoxy groups -OCH3 is 1. The molecule has 0 spiro atoms. The third-order valence-electron chi connectivity index (χ3n) is 3.58. The molecular formula is C14H21N3O2. The van der Waals surface area contributed by atoms with Crippen LogP contribution in [0.15, 0.2) is 18.3 Å². The van der Waals surface area contributed by atoms with Crippen molar-refractivity contribution in [2.75, 3.05) is 13.7 Å². The maximum atomic E-state index is 12.2. The summed E-state index contributed by atoms with van der Waals surface area (Å²) in [5, 5.41) is 6.28. The van der Waals surface area contributed by atoms with Crippen LogP contribution in [0.3, 0.4) is 0 Å². The zero-order chi connectivity index (χ0) is 13.7. The van der Waals surface area contributed by atoms with E-state index in [9.17, 15) is 4.79 Å². The smallest absolute Gasteiger partial charge is 0.240 e. The van der Waals surface area contributed by atoms with Gasteiger partial charge in [-0.25, -0.2) is 4.98 Å². The van der Waals surface area contributed by atoms with Crippen LogP contribution in [0.1, 0.15) is 31.7 Å². The van der Waals surface area contributed by atoms with Gasteiger partial charge in [0.15, 0.2) is 0 Å². The first kappa shape index (κ1) is 13.8. The van der Waals surface area contributed by atoms with Crippen LogP contribution in [0, 0.1) is 0 Å². The standard InChI is InChI=1S/C14H21N3O2/c1-14(6-3-4-7-17-14)13(18)16-10-11-5-8-15-12(9-11)19-2/h5,8-9,17H,3-4,6-7,10H2,1-2H3,(H,16,18). The predicted octanol–water partition coefficient (Wildman–Crippen LogP) is 1.24. The van der Waals surface area contributed by atoms with Gasteiger partial charge in [0.25, 0.3) is 0 Å². The largest absolute Gasteiger partial charge is 0.481 e. The maximum absolute atomic E-state index is 12.2. The van der Waals surface area contributed by atoms with Crippen LogP contribution in [0.5, 0.6) is 5.88 Å². The molecule has 1 aromatic rings. The molecule has 1 atom stereocenters. The van der Waals surface area contributed by atoms with Crippen molar-refractivity contribution in [3.05, 3.63) is 23.9 Å². The second-order valence-corrected chi connectivity index (χ2v) is 5.11. The van der Waals surface area contributed by atoms with Crippen LogP contribution in [0.2, 0.25) is 0 Å². The number of nitrogens with zero attached hydrogens (tertiary/aromatic N) is 1. The zero-order valence-electron chi connectivity index (χ0n) is 11.5. The fourth-order valence-electron chi connectivity index (χ4n) is 2.30. The summed E-state index contributed by atoms with van der Waals surface area (Å²) in [5.74, 6) is 0.622. The minimum Gasteiger partial charge on any atom is -0.481 e. The number of hydrogen-bond acceptors (Lipinski definition) is 4. The van der Waals surface area contributed by atoms with Gasteiger partial charge in [0, 0.05) is 18.8 Å². The van der Waals surface area contributed by atoms with Crippen LogP contribution in [-0.2, 0) is 11.3 Å². The topological polar surface area (TPSA) is 63.2 Å². The number of carbonyl (C=O) groups is 1. The number of hydrogen-bond donors (Lipinski definition) is 2. The quantitative estimate of drug-likeness (QED) is 0.858. The van der Waals surface area contributed by atoms with Crippen molar-refractivity contribution < 1.29 is 9.53 Å². The third-order valence-corrected chi connectivity index (χ3v) is 3.58. The Morgan fingerprint density at radius 3 is 3.11 bits per heavy atom. The van der Waals surface area contributed by atoms with E-state index in [0.717, 1.165) is 31.4 Å². The van der Waals surface area contributed by atoms with E-state index >= 15 is 0 Å². The van der Waals surface area contributed by atoms with Gasteiger partial charge < -0.3 is 15.4 Å². The van der Waals surface area contributed by atoms with Gasteiger partial charge in [-0.05, 0) is 44.4 Å². The lowest BCUT2D eigenvalue weighted by Crippen LogP contribution is -2.56. The van der Waals surface area contributed by atoms with E-state index in [1.165, 1.54) is 0 Å². The van der Waals surface area contributed by atoms with Gasteiger partial charge >= 0.3 is 0 Å². The van der Waals surface area contributed by atoms with E-state index in [4.69, 9.17) is 4.74 Å². The minimum atomic E-state index is -0.435. The van der Waals surface area contributed by atoms with Crippen molar-refractivity contribution in [2.45, 2.75) is 38.3 Å². The number of aromatic nitrogens is 1. The first-order valence-corrected chi connectivity index (χ1v) is 6.66. The molecule has 5 nitrogen and oxygen atoms in total. The van der Waals surface area contributed by atoms with Crippen LogP contribution >= 0.6 is 0 Å². The molecule has 0 aromatic carbocycles. The molecule has 0 saturated carbocycles. The van der Waals surface area contributed by atoms with Crippen LogP contribution in [0.25, 0.3) is 0 Å². The highest BCUT2D eigenvalue weighted by atomic mass is 16.5. The summed E-state index contributed by atoms with van der Waals surface area (Å²) in [6.45, 7) is 3.37. The Kier molecular flexibility index (Phi) is 4.37. The molecule has 2 rings (SSSR count). The summed E-state index contributed by atoms with van der Waals surface area (Å²) in [4.78, 5) is 16.3. The average Bonchev–Trinajstić information content (AvgIpc) is 2.45. The van der Waals surface area contributed by atoms with Crippen molar-refractivity contribution in [2.24, 2.45) is 0 Å². The summed E-state index contributed by atoms with van der Waals surface area (Å²) < 4.78 is 5.06. The van der Waals surface area contributed by atoms with E-state index in [1.54, 1.807) is 13.3 Å². The van der Waals surface area contributed by atoms with E-state index in [2.05, 4.69) is 15.6 Å². The van der Waals surface area contributed by atoms with Gasteiger partial charge in [0.2, 0.25) is 11.8 Å². The van der Waals surface area contributed by atoms with Gasteiger partial charge in [0.05, 0.1) is 12.6 Å². The number of pyridine rings is 1. The lowest BCUT2D eigenvalue weighted by Gasteiger charge is -2.33. The Labute approximate surface area is 113 Å². The summed E-state index contributed by atoms with van der Waals surface area (Å²) in [5.41, 5.74) is 0.551. The number of ether oxygens (including phenoxy) is 1. The molecule has 1 aliphatic rings. The Bertz CT molecular complexity index is 442. The Morgan fingerprint density at radius 1 is 1.58 bits per heavy atom. The molecule has 19 heavy (non-hydrogen) atoms. The molecule has 1 aromatic heterocycles. The fraction of sp³-hybridized carbons (Fsp3) is 0.571. The molecule has 1 saturated heterocycles. The lowest BCUT2D eigenvalue weighted by atomic mass is 9.90. The Morgan fingerprint density at radius 2 is 2.42 bits per heavy atom. The summed E-state index contributed by atoms with van der Waals surface area (Å²) in [7, 11) is 1.58. The first-order valence-electron chi connectivity index (χ1n) is 6.66. The van der Waals surface area contributed by atoms with Gasteiger partial charge in [-0.1, -0.05) is 0 Å². The number of nitrogens with one attached hydrogen (secondary N) is 2. The molecule has 104 valence electrons. The van der Waals surface area contributed by atoms with E-state index in [1.807, 2.05) is 19.1 Å². The molecule has 1 unspecified atom stereocenters. The molecule has 0 aliphatic carbocycles. The van der Waals surface area contributed by atoms with E-state index in [0.29, 0.717) is 12.4 Å². The van der Waals surface area contributed by atoms with E-state index < -0.39 is 5.54 Å². The molecule has 1 aliphatic heterocycles. The van der Waals surface area contributed by atoms with Crippen molar-refractivity contribution in [3.63, 3.8) is 0 Å². The van der Waals surface area contributed by atoms with Gasteiger partial charge in [-0.15, -0.1) is 0 Å². The molecular weight excluding hydrogens is 242 g/mol. The Hall–Kier alpha value is -1.62. The zero-order valence-corrected chi connectivity index (χ0v) is 11.5. The van der Waals surface area contributed by atoms with Gasteiger partial charge in [-0.2, -0.15) is 0 Å². The molecule has 2 heterocycles. The maximum Gasteiger partial charge on any atom is 0.240 e. The van der Waals surface area contributed by atoms with Crippen molar-refractivity contribution in [1.82, 2.24) is 15.6 Å². The summed E-state index contributed by atoms with van der Waals surface area (Å²) >= 11 is 0. The molecule has 2 N–H and O–H groups in total. The molecule has 0 radical (unpaired) electrons. The van der Waals surface area contributed by atoms with Crippen LogP contribution in [-0.4, -0.2) is 30.1 Å². The van der Waals surface area contributed by atoms with Gasteiger partial charge in [-0.3, -0.25) is 4.79 Å². The first-order chi connectivity index (χ1) is 9.14. The van der Waals surface area contributed by atoms with Crippen molar-refractivity contribution in [3.8, 4) is 5.88 Å². The molecule has 0 bridgehead atoms. The fourth-order valence-corrected chi connectivity index (χ4v) is 2.30. The van der Waals surface area contributed by atoms with E-state index in [-0.39, 0.29) is 5.91 Å². The third kappa shape index (κ3) is 3.44.